The number of Topliss-reactive ketones (excluding diaryl/α,β-unsaturated/α-hetero) is 1. The van der Waals surface area contributed by atoms with Crippen molar-refractivity contribution in [1.29, 1.82) is 0 Å². The fourth-order valence-electron chi connectivity index (χ4n) is 5.05. The number of hydrogen-bond acceptors (Lipinski definition) is 3. The Hall–Kier alpha value is -2.29. The number of benzene rings is 2. The molecule has 0 amide bonds. The van der Waals surface area contributed by atoms with Crippen molar-refractivity contribution in [1.82, 2.24) is 0 Å². The van der Waals surface area contributed by atoms with E-state index in [0.717, 1.165) is 18.6 Å². The first kappa shape index (κ1) is 17.1. The van der Waals surface area contributed by atoms with Crippen LogP contribution in [0.1, 0.15) is 50.6 Å². The van der Waals surface area contributed by atoms with Gasteiger partial charge in [0.05, 0.1) is 13.2 Å². The standard InChI is InChI=1S/C23H27NO2/c1-23-15-7-6-10-20(23)22(25)16-21(17-8-4-3-5-9-17)24(23)18-11-13-19(26-2)14-12-18/h3-5,8-9,11-14,20-21H,6-7,10,15-16H2,1-2H3/t20-,21+,23+/m1/s1. The number of nitrogens with zero attached hydrogens (tertiary/aromatic N) is 1. The highest BCUT2D eigenvalue weighted by atomic mass is 16.5. The van der Waals surface area contributed by atoms with Crippen LogP contribution < -0.4 is 9.64 Å². The Bertz CT molecular complexity index is 771. The fraction of sp³-hybridized carbons (Fsp3) is 0.435. The molecule has 1 aliphatic carbocycles. The molecule has 0 bridgehead atoms. The van der Waals surface area contributed by atoms with E-state index in [9.17, 15) is 4.79 Å². The maximum atomic E-state index is 13.0. The molecule has 3 nitrogen and oxygen atoms in total. The molecule has 1 saturated heterocycles. The van der Waals surface area contributed by atoms with Gasteiger partial charge in [0.1, 0.15) is 11.5 Å². The van der Waals surface area contributed by atoms with E-state index in [4.69, 9.17) is 4.74 Å². The number of ether oxygens (including phenoxy) is 1. The highest BCUT2D eigenvalue weighted by molar-refractivity contribution is 5.86. The minimum Gasteiger partial charge on any atom is -0.497 e. The van der Waals surface area contributed by atoms with E-state index in [-0.39, 0.29) is 17.5 Å². The summed E-state index contributed by atoms with van der Waals surface area (Å²) in [6, 6.07) is 18.9. The smallest absolute Gasteiger partial charge is 0.140 e. The van der Waals surface area contributed by atoms with Gasteiger partial charge in [0.15, 0.2) is 0 Å². The zero-order valence-corrected chi connectivity index (χ0v) is 15.7. The summed E-state index contributed by atoms with van der Waals surface area (Å²) in [7, 11) is 1.69. The van der Waals surface area contributed by atoms with Crippen LogP contribution in [0.4, 0.5) is 5.69 Å². The first-order chi connectivity index (χ1) is 12.6. The SMILES string of the molecule is COc1ccc(N2[C@H](c3ccccc3)CC(=O)[C@H]3CCCC[C@@]32C)cc1. The zero-order valence-electron chi connectivity index (χ0n) is 15.7. The molecule has 26 heavy (non-hydrogen) atoms. The van der Waals surface area contributed by atoms with Crippen LogP contribution in [0, 0.1) is 5.92 Å². The summed E-state index contributed by atoms with van der Waals surface area (Å²) in [6.07, 6.45) is 5.03. The van der Waals surface area contributed by atoms with E-state index in [1.807, 2.05) is 18.2 Å². The summed E-state index contributed by atoms with van der Waals surface area (Å²) in [5, 5.41) is 0. The monoisotopic (exact) mass is 349 g/mol. The average molecular weight is 349 g/mol. The molecule has 3 atom stereocenters. The zero-order chi connectivity index (χ0) is 18.1. The molecule has 0 aromatic heterocycles. The summed E-state index contributed by atoms with van der Waals surface area (Å²) in [4.78, 5) is 15.6. The molecule has 2 fully saturated rings. The number of ketones is 1. The van der Waals surface area contributed by atoms with Gasteiger partial charge in [-0.05, 0) is 49.6 Å². The molecule has 1 heterocycles. The van der Waals surface area contributed by atoms with Crippen LogP contribution in [0.15, 0.2) is 54.6 Å². The number of anilines is 1. The summed E-state index contributed by atoms with van der Waals surface area (Å²) in [6.45, 7) is 2.30. The number of fused-ring (bicyclic) bond motifs is 1. The van der Waals surface area contributed by atoms with E-state index in [1.54, 1.807) is 7.11 Å². The predicted octanol–water partition coefficient (Wildman–Crippen LogP) is 5.16. The van der Waals surface area contributed by atoms with Crippen LogP contribution in [0.3, 0.4) is 0 Å². The Labute approximate surface area is 156 Å². The van der Waals surface area contributed by atoms with Crippen molar-refractivity contribution in [2.75, 3.05) is 12.0 Å². The van der Waals surface area contributed by atoms with Crippen molar-refractivity contribution in [3.8, 4) is 5.75 Å². The van der Waals surface area contributed by atoms with Crippen molar-refractivity contribution in [2.45, 2.75) is 50.6 Å². The molecular weight excluding hydrogens is 322 g/mol. The minimum absolute atomic E-state index is 0.0939. The van der Waals surface area contributed by atoms with Crippen molar-refractivity contribution >= 4 is 11.5 Å². The van der Waals surface area contributed by atoms with Gasteiger partial charge in [-0.15, -0.1) is 0 Å². The summed E-state index contributed by atoms with van der Waals surface area (Å²) in [5.74, 6) is 1.44. The van der Waals surface area contributed by atoms with Crippen molar-refractivity contribution in [3.63, 3.8) is 0 Å². The first-order valence-electron chi connectivity index (χ1n) is 9.64. The van der Waals surface area contributed by atoms with Gasteiger partial charge in [0, 0.05) is 23.6 Å². The molecule has 0 N–H and O–H groups in total. The second-order valence-corrected chi connectivity index (χ2v) is 7.82. The van der Waals surface area contributed by atoms with Crippen LogP contribution in [0.2, 0.25) is 0 Å². The predicted molar refractivity (Wildman–Crippen MR) is 105 cm³/mol. The third kappa shape index (κ3) is 2.80. The third-order valence-corrected chi connectivity index (χ3v) is 6.36. The molecular formula is C23H27NO2. The highest BCUT2D eigenvalue weighted by Crippen LogP contribution is 2.50. The maximum absolute atomic E-state index is 13.0. The second-order valence-electron chi connectivity index (χ2n) is 7.82. The lowest BCUT2D eigenvalue weighted by Gasteiger charge is -2.56. The van der Waals surface area contributed by atoms with Gasteiger partial charge in [0.2, 0.25) is 0 Å². The lowest BCUT2D eigenvalue weighted by Crippen LogP contribution is -2.61. The van der Waals surface area contributed by atoms with E-state index in [1.165, 1.54) is 24.1 Å². The Balaban J connectivity index is 1.82. The van der Waals surface area contributed by atoms with E-state index in [0.29, 0.717) is 12.2 Å². The number of carbonyl (C=O) groups excluding carboxylic acids is 1. The lowest BCUT2D eigenvalue weighted by atomic mass is 9.65. The molecule has 2 aliphatic rings. The molecule has 0 radical (unpaired) electrons. The largest absolute Gasteiger partial charge is 0.497 e. The van der Waals surface area contributed by atoms with Crippen molar-refractivity contribution < 1.29 is 9.53 Å². The number of methoxy groups -OCH3 is 1. The molecule has 2 aromatic carbocycles. The molecule has 1 aliphatic heterocycles. The quantitative estimate of drug-likeness (QED) is 0.766. The van der Waals surface area contributed by atoms with Gasteiger partial charge >= 0.3 is 0 Å². The number of carbonyl (C=O) groups is 1. The number of hydrogen-bond donors (Lipinski definition) is 0. The molecule has 136 valence electrons. The fourth-order valence-corrected chi connectivity index (χ4v) is 5.05. The Morgan fingerprint density at radius 2 is 1.77 bits per heavy atom. The van der Waals surface area contributed by atoms with Gasteiger partial charge in [-0.1, -0.05) is 43.2 Å². The van der Waals surface area contributed by atoms with Crippen molar-refractivity contribution in [2.24, 2.45) is 5.92 Å². The van der Waals surface area contributed by atoms with Crippen LogP contribution >= 0.6 is 0 Å². The van der Waals surface area contributed by atoms with Gasteiger partial charge in [-0.3, -0.25) is 4.79 Å². The van der Waals surface area contributed by atoms with Crippen LogP contribution in [0.5, 0.6) is 5.75 Å². The molecule has 2 aromatic rings. The maximum Gasteiger partial charge on any atom is 0.140 e. The van der Waals surface area contributed by atoms with Gasteiger partial charge in [-0.25, -0.2) is 0 Å². The molecule has 1 saturated carbocycles. The summed E-state index contributed by atoms with van der Waals surface area (Å²) < 4.78 is 5.34. The van der Waals surface area contributed by atoms with E-state index in [2.05, 4.69) is 48.2 Å². The molecule has 3 heteroatoms. The van der Waals surface area contributed by atoms with Crippen molar-refractivity contribution in [3.05, 3.63) is 60.2 Å². The molecule has 4 rings (SSSR count). The molecule has 0 spiro atoms. The van der Waals surface area contributed by atoms with Gasteiger partial charge < -0.3 is 9.64 Å². The van der Waals surface area contributed by atoms with E-state index >= 15 is 0 Å². The number of rotatable bonds is 3. The summed E-state index contributed by atoms with van der Waals surface area (Å²) >= 11 is 0. The Morgan fingerprint density at radius 1 is 1.04 bits per heavy atom. The Kier molecular flexibility index (Phi) is 4.47. The lowest BCUT2D eigenvalue weighted by molar-refractivity contribution is -0.129. The normalized spacial score (nSPS) is 28.5. The molecule has 0 unspecified atom stereocenters. The topological polar surface area (TPSA) is 29.5 Å². The highest BCUT2D eigenvalue weighted by Gasteiger charge is 2.51. The summed E-state index contributed by atoms with van der Waals surface area (Å²) in [5.41, 5.74) is 2.28. The third-order valence-electron chi connectivity index (χ3n) is 6.36. The van der Waals surface area contributed by atoms with Crippen LogP contribution in [0.25, 0.3) is 0 Å². The Morgan fingerprint density at radius 3 is 2.46 bits per heavy atom. The first-order valence-corrected chi connectivity index (χ1v) is 9.64. The number of piperidine rings is 1. The van der Waals surface area contributed by atoms with Gasteiger partial charge in [0.25, 0.3) is 0 Å². The van der Waals surface area contributed by atoms with Crippen LogP contribution in [-0.4, -0.2) is 18.4 Å². The average Bonchev–Trinajstić information content (AvgIpc) is 2.68. The van der Waals surface area contributed by atoms with Gasteiger partial charge in [-0.2, -0.15) is 0 Å². The van der Waals surface area contributed by atoms with Crippen LogP contribution in [-0.2, 0) is 4.79 Å². The van der Waals surface area contributed by atoms with E-state index < -0.39 is 0 Å². The minimum atomic E-state index is -0.122. The second kappa shape index (κ2) is 6.79.